The van der Waals surface area contributed by atoms with E-state index < -0.39 is 0 Å². The van der Waals surface area contributed by atoms with Gasteiger partial charge in [-0.1, -0.05) is 57.9 Å². The highest BCUT2D eigenvalue weighted by atomic mass is 16.7. The first-order valence-corrected chi connectivity index (χ1v) is 17.6. The fourth-order valence-corrected chi connectivity index (χ4v) is 6.60. The maximum atomic E-state index is 11.9. The van der Waals surface area contributed by atoms with E-state index in [0.717, 1.165) is 68.5 Å². The summed E-state index contributed by atoms with van der Waals surface area (Å²) in [5.41, 5.74) is 4.61. The zero-order valence-corrected chi connectivity index (χ0v) is 29.5. The molecule has 0 N–H and O–H groups in total. The molecule has 2 aromatic carbocycles. The second-order valence-corrected chi connectivity index (χ2v) is 13.1. The van der Waals surface area contributed by atoms with E-state index in [1.807, 2.05) is 23.1 Å². The maximum absolute atomic E-state index is 11.9. The van der Waals surface area contributed by atoms with Crippen LogP contribution in [-0.2, 0) is 22.4 Å². The summed E-state index contributed by atoms with van der Waals surface area (Å²) in [6.45, 7) is 12.4. The van der Waals surface area contributed by atoms with E-state index in [1.165, 1.54) is 62.0 Å². The van der Waals surface area contributed by atoms with Gasteiger partial charge in [0, 0.05) is 24.8 Å². The summed E-state index contributed by atoms with van der Waals surface area (Å²) in [5.74, 6) is 2.05. The highest BCUT2D eigenvalue weighted by Gasteiger charge is 2.34. The summed E-state index contributed by atoms with van der Waals surface area (Å²) >= 11 is 0. The molecule has 1 fully saturated rings. The standard InChI is InChI=1S/C27H34N2O4.C11H26N2/c1-3-7-21-14-22(16-26-27(21)33-19-32-26)23-15-24(28(17-23)12-13-30)10-11-29(18-31)25-9-6-5-8-20(25)4-2;1-5-6-10-13(4)11-8-7-9-12(2)3/h5-6,8-9,13-14,16,18,23-24H,3-4,7,10-12,15,17,19H2,1-2H3;5-11H2,1-4H3. The molecule has 0 aromatic heterocycles. The molecule has 256 valence electrons. The minimum absolute atomic E-state index is 0.247. The van der Waals surface area contributed by atoms with Crippen molar-refractivity contribution in [1.82, 2.24) is 14.7 Å². The Balaban J connectivity index is 0.000000376. The van der Waals surface area contributed by atoms with Crippen LogP contribution < -0.4 is 14.4 Å². The van der Waals surface area contributed by atoms with Gasteiger partial charge < -0.3 is 29.0 Å². The highest BCUT2D eigenvalue weighted by Crippen LogP contribution is 2.42. The molecule has 4 rings (SSSR count). The summed E-state index contributed by atoms with van der Waals surface area (Å²) < 4.78 is 11.4. The normalized spacial score (nSPS) is 17.3. The van der Waals surface area contributed by atoms with Crippen LogP contribution in [0.15, 0.2) is 36.4 Å². The van der Waals surface area contributed by atoms with Gasteiger partial charge in [-0.25, -0.2) is 0 Å². The van der Waals surface area contributed by atoms with Crippen molar-refractivity contribution in [3.8, 4) is 11.5 Å². The van der Waals surface area contributed by atoms with Gasteiger partial charge in [-0.3, -0.25) is 9.69 Å². The van der Waals surface area contributed by atoms with Gasteiger partial charge >= 0.3 is 0 Å². The van der Waals surface area contributed by atoms with Crippen LogP contribution in [0.2, 0.25) is 0 Å². The Morgan fingerprint density at radius 3 is 2.35 bits per heavy atom. The number of aryl methyl sites for hydroxylation is 2. The van der Waals surface area contributed by atoms with Crippen molar-refractivity contribution in [2.45, 2.75) is 90.5 Å². The number of aldehydes is 1. The van der Waals surface area contributed by atoms with Gasteiger partial charge in [-0.15, -0.1) is 0 Å². The molecule has 0 saturated carbocycles. The lowest BCUT2D eigenvalue weighted by atomic mass is 9.92. The Labute approximate surface area is 279 Å². The van der Waals surface area contributed by atoms with Crippen molar-refractivity contribution in [3.63, 3.8) is 0 Å². The fourth-order valence-electron chi connectivity index (χ4n) is 6.60. The number of fused-ring (bicyclic) bond motifs is 1. The summed E-state index contributed by atoms with van der Waals surface area (Å²) in [5, 5.41) is 0. The first kappa shape index (κ1) is 37.5. The Hall–Kier alpha value is -2.94. The van der Waals surface area contributed by atoms with E-state index in [0.29, 0.717) is 19.0 Å². The zero-order chi connectivity index (χ0) is 33.3. The van der Waals surface area contributed by atoms with Gasteiger partial charge in [0.2, 0.25) is 13.2 Å². The van der Waals surface area contributed by atoms with Crippen LogP contribution in [0.4, 0.5) is 5.69 Å². The SMILES string of the molecule is CCCCN(C)CCCCN(C)C.CCCc1cc(C2CC(CCN(C=O)c3ccccc3CC)N(CC=O)C2)cc2c1OCO2. The van der Waals surface area contributed by atoms with E-state index in [4.69, 9.17) is 9.47 Å². The molecule has 0 radical (unpaired) electrons. The number of rotatable bonds is 19. The number of anilines is 1. The number of likely N-dealkylation sites (tertiary alicyclic amines) is 1. The number of amides is 1. The van der Waals surface area contributed by atoms with Gasteiger partial charge in [0.05, 0.1) is 6.54 Å². The van der Waals surface area contributed by atoms with E-state index in [1.54, 1.807) is 0 Å². The van der Waals surface area contributed by atoms with Crippen molar-refractivity contribution < 1.29 is 19.1 Å². The molecule has 8 nitrogen and oxygen atoms in total. The second-order valence-electron chi connectivity index (χ2n) is 13.1. The lowest BCUT2D eigenvalue weighted by Gasteiger charge is -2.26. The predicted octanol–water partition coefficient (Wildman–Crippen LogP) is 6.40. The van der Waals surface area contributed by atoms with Crippen LogP contribution in [-0.4, -0.2) is 101 Å². The molecule has 0 bridgehead atoms. The molecule has 8 heteroatoms. The molecule has 2 atom stereocenters. The summed E-state index contributed by atoms with van der Waals surface area (Å²) in [4.78, 5) is 32.1. The Kier molecular flexibility index (Phi) is 16.6. The first-order valence-electron chi connectivity index (χ1n) is 17.6. The van der Waals surface area contributed by atoms with Crippen LogP contribution in [0.25, 0.3) is 0 Å². The van der Waals surface area contributed by atoms with Crippen LogP contribution in [0.5, 0.6) is 11.5 Å². The van der Waals surface area contributed by atoms with Crippen LogP contribution in [0.3, 0.4) is 0 Å². The number of carbonyl (C=O) groups excluding carboxylic acids is 2. The number of ether oxygens (including phenoxy) is 2. The van der Waals surface area contributed by atoms with Crippen molar-refractivity contribution in [1.29, 1.82) is 0 Å². The quantitative estimate of drug-likeness (QED) is 0.131. The van der Waals surface area contributed by atoms with E-state index >= 15 is 0 Å². The number of carbonyl (C=O) groups is 2. The predicted molar refractivity (Wildman–Crippen MR) is 189 cm³/mol. The number of nitrogens with zero attached hydrogens (tertiary/aromatic N) is 4. The molecule has 0 spiro atoms. The van der Waals surface area contributed by atoms with Crippen molar-refractivity contribution >= 4 is 18.4 Å². The Morgan fingerprint density at radius 2 is 1.65 bits per heavy atom. The van der Waals surface area contributed by atoms with Crippen molar-refractivity contribution in [3.05, 3.63) is 53.1 Å². The average molecular weight is 637 g/mol. The highest BCUT2D eigenvalue weighted by molar-refractivity contribution is 5.77. The van der Waals surface area contributed by atoms with Crippen LogP contribution in [0, 0.1) is 0 Å². The molecule has 2 unspecified atom stereocenters. The van der Waals surface area contributed by atoms with Gasteiger partial charge in [0.25, 0.3) is 0 Å². The average Bonchev–Trinajstić information content (AvgIpc) is 3.70. The summed E-state index contributed by atoms with van der Waals surface area (Å²) in [6, 6.07) is 12.7. The summed E-state index contributed by atoms with van der Waals surface area (Å²) in [6.07, 6.45) is 11.9. The summed E-state index contributed by atoms with van der Waals surface area (Å²) in [7, 11) is 6.51. The molecule has 1 saturated heterocycles. The lowest BCUT2D eigenvalue weighted by Crippen LogP contribution is -2.35. The molecule has 2 heterocycles. The Morgan fingerprint density at radius 1 is 0.891 bits per heavy atom. The third kappa shape index (κ3) is 11.4. The van der Waals surface area contributed by atoms with E-state index in [-0.39, 0.29) is 12.8 Å². The third-order valence-electron chi connectivity index (χ3n) is 9.20. The number of hydrogen-bond donors (Lipinski definition) is 0. The third-order valence-corrected chi connectivity index (χ3v) is 9.20. The number of unbranched alkanes of at least 4 members (excludes halogenated alkanes) is 2. The number of benzene rings is 2. The van der Waals surface area contributed by atoms with Gasteiger partial charge in [0.15, 0.2) is 11.5 Å². The molecule has 2 aliphatic rings. The maximum Gasteiger partial charge on any atom is 0.231 e. The molecular weight excluding hydrogens is 576 g/mol. The van der Waals surface area contributed by atoms with E-state index in [9.17, 15) is 9.59 Å². The fraction of sp³-hybridized carbons (Fsp3) is 0.632. The smallest absolute Gasteiger partial charge is 0.231 e. The molecule has 0 aliphatic carbocycles. The first-order chi connectivity index (χ1) is 22.3. The van der Waals surface area contributed by atoms with Crippen molar-refractivity contribution in [2.24, 2.45) is 0 Å². The monoisotopic (exact) mass is 636 g/mol. The van der Waals surface area contributed by atoms with Crippen LogP contribution >= 0.6 is 0 Å². The molecule has 46 heavy (non-hydrogen) atoms. The van der Waals surface area contributed by atoms with Crippen LogP contribution in [0.1, 0.15) is 88.3 Å². The van der Waals surface area contributed by atoms with Crippen molar-refractivity contribution in [2.75, 3.05) is 72.1 Å². The number of hydrogen-bond acceptors (Lipinski definition) is 7. The number of para-hydroxylation sites is 1. The molecular formula is C38H60N4O4. The lowest BCUT2D eigenvalue weighted by molar-refractivity contribution is -0.109. The molecule has 2 aromatic rings. The largest absolute Gasteiger partial charge is 0.454 e. The topological polar surface area (TPSA) is 65.6 Å². The Bertz CT molecular complexity index is 1190. The molecule has 2 aliphatic heterocycles. The minimum atomic E-state index is 0.247. The van der Waals surface area contributed by atoms with Gasteiger partial charge in [-0.05, 0) is 120 Å². The second kappa shape index (κ2) is 20.3. The van der Waals surface area contributed by atoms with Gasteiger partial charge in [-0.2, -0.15) is 0 Å². The van der Waals surface area contributed by atoms with E-state index in [2.05, 4.69) is 74.8 Å². The zero-order valence-electron chi connectivity index (χ0n) is 29.5. The molecule has 1 amide bonds. The van der Waals surface area contributed by atoms with Gasteiger partial charge in [0.1, 0.15) is 6.29 Å². The minimum Gasteiger partial charge on any atom is -0.454 e.